The Hall–Kier alpha value is -0.940. The third-order valence-electron chi connectivity index (χ3n) is 3.00. The van der Waals surface area contributed by atoms with Crippen LogP contribution in [0.5, 0.6) is 0 Å². The quantitative estimate of drug-likeness (QED) is 0.762. The maximum absolute atomic E-state index is 4.11. The summed E-state index contributed by atoms with van der Waals surface area (Å²) in [5.41, 5.74) is 1.02. The molecule has 1 fully saturated rings. The number of hydrogen-bond acceptors (Lipinski definition) is 4. The van der Waals surface area contributed by atoms with Gasteiger partial charge in [-0.15, -0.1) is 5.10 Å². The number of nitrogens with one attached hydrogen (secondary N) is 1. The van der Waals surface area contributed by atoms with Gasteiger partial charge in [0.05, 0.1) is 5.69 Å². The Morgan fingerprint density at radius 3 is 2.88 bits per heavy atom. The van der Waals surface area contributed by atoms with E-state index in [1.54, 1.807) is 0 Å². The van der Waals surface area contributed by atoms with Crippen LogP contribution in [0.2, 0.25) is 0 Å². The lowest BCUT2D eigenvalue weighted by atomic mass is 10.4. The second-order valence-electron chi connectivity index (χ2n) is 4.41. The SMILES string of the molecule is CNCc1cn(CCCN2CCCC2)nn1. The highest BCUT2D eigenvalue weighted by Crippen LogP contribution is 2.07. The van der Waals surface area contributed by atoms with Crippen molar-refractivity contribution in [2.45, 2.75) is 32.4 Å². The van der Waals surface area contributed by atoms with E-state index in [2.05, 4.69) is 20.5 Å². The number of likely N-dealkylation sites (tertiary alicyclic amines) is 1. The Morgan fingerprint density at radius 1 is 1.31 bits per heavy atom. The fourth-order valence-corrected chi connectivity index (χ4v) is 2.17. The molecule has 0 saturated carbocycles. The summed E-state index contributed by atoms with van der Waals surface area (Å²) < 4.78 is 1.95. The van der Waals surface area contributed by atoms with Crippen molar-refractivity contribution in [1.29, 1.82) is 0 Å². The molecule has 16 heavy (non-hydrogen) atoms. The molecule has 90 valence electrons. The molecule has 5 nitrogen and oxygen atoms in total. The van der Waals surface area contributed by atoms with E-state index in [-0.39, 0.29) is 0 Å². The van der Waals surface area contributed by atoms with Crippen LogP contribution in [-0.2, 0) is 13.1 Å². The van der Waals surface area contributed by atoms with Gasteiger partial charge < -0.3 is 10.2 Å². The van der Waals surface area contributed by atoms with E-state index in [0.29, 0.717) is 0 Å². The predicted octanol–water partition coefficient (Wildman–Crippen LogP) is 0.483. The fourth-order valence-electron chi connectivity index (χ4n) is 2.17. The van der Waals surface area contributed by atoms with Crippen molar-refractivity contribution in [2.75, 3.05) is 26.7 Å². The molecule has 0 unspecified atom stereocenters. The fraction of sp³-hybridized carbons (Fsp3) is 0.818. The smallest absolute Gasteiger partial charge is 0.0964 e. The van der Waals surface area contributed by atoms with Crippen molar-refractivity contribution in [1.82, 2.24) is 25.2 Å². The van der Waals surface area contributed by atoms with Gasteiger partial charge in [0.1, 0.15) is 0 Å². The summed E-state index contributed by atoms with van der Waals surface area (Å²) in [6.45, 7) is 5.53. The average molecular weight is 223 g/mol. The molecule has 1 aromatic rings. The number of nitrogens with zero attached hydrogens (tertiary/aromatic N) is 4. The van der Waals surface area contributed by atoms with Gasteiger partial charge >= 0.3 is 0 Å². The first-order valence-electron chi connectivity index (χ1n) is 6.14. The molecular formula is C11H21N5. The van der Waals surface area contributed by atoms with Gasteiger partial charge in [-0.05, 0) is 45.9 Å². The second-order valence-corrected chi connectivity index (χ2v) is 4.41. The van der Waals surface area contributed by atoms with Gasteiger partial charge in [0.25, 0.3) is 0 Å². The lowest BCUT2D eigenvalue weighted by molar-refractivity contribution is 0.321. The topological polar surface area (TPSA) is 46.0 Å². The summed E-state index contributed by atoms with van der Waals surface area (Å²) in [5, 5.41) is 11.3. The van der Waals surface area contributed by atoms with Gasteiger partial charge in [-0.25, -0.2) is 0 Å². The molecule has 0 bridgehead atoms. The van der Waals surface area contributed by atoms with Crippen LogP contribution in [0.1, 0.15) is 25.0 Å². The Labute approximate surface area is 96.8 Å². The maximum Gasteiger partial charge on any atom is 0.0964 e. The molecule has 0 radical (unpaired) electrons. The van der Waals surface area contributed by atoms with Crippen molar-refractivity contribution in [3.05, 3.63) is 11.9 Å². The van der Waals surface area contributed by atoms with Gasteiger partial charge in [0.15, 0.2) is 0 Å². The van der Waals surface area contributed by atoms with Gasteiger partial charge in [-0.1, -0.05) is 5.21 Å². The number of hydrogen-bond donors (Lipinski definition) is 1. The normalized spacial score (nSPS) is 17.1. The molecule has 0 atom stereocenters. The lowest BCUT2D eigenvalue weighted by Gasteiger charge is -2.13. The molecular weight excluding hydrogens is 202 g/mol. The van der Waals surface area contributed by atoms with Crippen LogP contribution in [0.4, 0.5) is 0 Å². The summed E-state index contributed by atoms with van der Waals surface area (Å²) >= 11 is 0. The molecule has 0 spiro atoms. The minimum Gasteiger partial charge on any atom is -0.314 e. The average Bonchev–Trinajstić information content (AvgIpc) is 2.90. The summed E-state index contributed by atoms with van der Waals surface area (Å²) in [6, 6.07) is 0. The molecule has 1 saturated heterocycles. The van der Waals surface area contributed by atoms with Crippen LogP contribution in [0.3, 0.4) is 0 Å². The van der Waals surface area contributed by atoms with Crippen molar-refractivity contribution in [3.63, 3.8) is 0 Å². The van der Waals surface area contributed by atoms with Crippen LogP contribution in [-0.4, -0.2) is 46.6 Å². The first kappa shape index (κ1) is 11.5. The highest BCUT2D eigenvalue weighted by molar-refractivity contribution is 4.90. The highest BCUT2D eigenvalue weighted by atomic mass is 15.4. The third kappa shape index (κ3) is 3.28. The highest BCUT2D eigenvalue weighted by Gasteiger charge is 2.10. The predicted molar refractivity (Wildman–Crippen MR) is 63.1 cm³/mol. The maximum atomic E-state index is 4.11. The van der Waals surface area contributed by atoms with E-state index in [0.717, 1.165) is 18.8 Å². The number of aromatic nitrogens is 3. The molecule has 1 N–H and O–H groups in total. The van der Waals surface area contributed by atoms with Crippen molar-refractivity contribution >= 4 is 0 Å². The molecule has 2 rings (SSSR count). The zero-order valence-electron chi connectivity index (χ0n) is 10.0. The Kier molecular flexibility index (Phi) is 4.30. The van der Waals surface area contributed by atoms with Crippen LogP contribution < -0.4 is 5.32 Å². The molecule has 0 aromatic carbocycles. The molecule has 1 aromatic heterocycles. The van der Waals surface area contributed by atoms with Gasteiger partial charge in [-0.2, -0.15) is 0 Å². The molecule has 2 heterocycles. The van der Waals surface area contributed by atoms with E-state index in [9.17, 15) is 0 Å². The van der Waals surface area contributed by atoms with Gasteiger partial charge in [0.2, 0.25) is 0 Å². The van der Waals surface area contributed by atoms with Crippen LogP contribution >= 0.6 is 0 Å². The van der Waals surface area contributed by atoms with Crippen LogP contribution in [0.15, 0.2) is 6.20 Å². The van der Waals surface area contributed by atoms with Crippen LogP contribution in [0, 0.1) is 0 Å². The minimum absolute atomic E-state index is 0.798. The second kappa shape index (κ2) is 5.96. The van der Waals surface area contributed by atoms with Gasteiger partial charge in [0, 0.05) is 19.3 Å². The van der Waals surface area contributed by atoms with Crippen molar-refractivity contribution in [2.24, 2.45) is 0 Å². The minimum atomic E-state index is 0.798. The van der Waals surface area contributed by atoms with E-state index in [4.69, 9.17) is 0 Å². The Morgan fingerprint density at radius 2 is 2.12 bits per heavy atom. The molecule has 0 amide bonds. The number of aryl methyl sites for hydroxylation is 1. The monoisotopic (exact) mass is 223 g/mol. The zero-order chi connectivity index (χ0) is 11.2. The van der Waals surface area contributed by atoms with E-state index >= 15 is 0 Å². The van der Waals surface area contributed by atoms with Crippen LogP contribution in [0.25, 0.3) is 0 Å². The van der Waals surface area contributed by atoms with E-state index < -0.39 is 0 Å². The first-order valence-corrected chi connectivity index (χ1v) is 6.14. The van der Waals surface area contributed by atoms with Gasteiger partial charge in [-0.3, -0.25) is 4.68 Å². The standard InChI is InChI=1S/C11H21N5/c1-12-9-11-10-16(14-13-11)8-4-7-15-5-2-3-6-15/h10,12H,2-9H2,1H3. The van der Waals surface area contributed by atoms with Crippen molar-refractivity contribution in [3.8, 4) is 0 Å². The van der Waals surface area contributed by atoms with Crippen molar-refractivity contribution < 1.29 is 0 Å². The van der Waals surface area contributed by atoms with E-state index in [1.807, 2.05) is 17.9 Å². The summed E-state index contributed by atoms with van der Waals surface area (Å²) in [6.07, 6.45) is 5.94. The molecule has 5 heteroatoms. The Balaban J connectivity index is 1.67. The Bertz CT molecular complexity index is 303. The lowest BCUT2D eigenvalue weighted by Crippen LogP contribution is -2.21. The first-order chi connectivity index (χ1) is 7.88. The zero-order valence-corrected chi connectivity index (χ0v) is 10.0. The number of rotatable bonds is 6. The summed E-state index contributed by atoms with van der Waals surface area (Å²) in [5.74, 6) is 0. The largest absolute Gasteiger partial charge is 0.314 e. The van der Waals surface area contributed by atoms with E-state index in [1.165, 1.54) is 38.9 Å². The summed E-state index contributed by atoms with van der Waals surface area (Å²) in [4.78, 5) is 2.53. The summed E-state index contributed by atoms with van der Waals surface area (Å²) in [7, 11) is 1.92. The molecule has 1 aliphatic rings. The third-order valence-corrected chi connectivity index (χ3v) is 3.00. The molecule has 1 aliphatic heterocycles. The molecule has 0 aliphatic carbocycles.